The van der Waals surface area contributed by atoms with Crippen LogP contribution in [0, 0.1) is 11.8 Å². The quantitative estimate of drug-likeness (QED) is 0.819. The summed E-state index contributed by atoms with van der Waals surface area (Å²) in [4.78, 5) is 40.1. The van der Waals surface area contributed by atoms with Gasteiger partial charge in [0.1, 0.15) is 5.54 Å². The summed E-state index contributed by atoms with van der Waals surface area (Å²) in [6, 6.07) is 7.18. The Morgan fingerprint density at radius 3 is 2.67 bits per heavy atom. The van der Waals surface area contributed by atoms with E-state index in [1.807, 2.05) is 38.1 Å². The zero-order chi connectivity index (χ0) is 17.1. The molecule has 0 bridgehead atoms. The second-order valence-corrected chi connectivity index (χ2v) is 6.93. The van der Waals surface area contributed by atoms with Crippen molar-refractivity contribution in [3.05, 3.63) is 29.8 Å². The first-order valence-electron chi connectivity index (χ1n) is 8.56. The van der Waals surface area contributed by atoms with Crippen LogP contribution in [0.4, 0.5) is 5.69 Å². The molecule has 3 amide bonds. The Morgan fingerprint density at radius 1 is 1.17 bits per heavy atom. The lowest BCUT2D eigenvalue weighted by Crippen LogP contribution is -2.52. The minimum absolute atomic E-state index is 0.146. The van der Waals surface area contributed by atoms with E-state index in [0.717, 1.165) is 24.1 Å². The number of rotatable bonds is 3. The standard InChI is InChI=1S/C18H21N3O3/c1-3-4-9-21-15(22)13-10(2)20-18(14(13)16(21)23)11-7-5-6-8-12(11)19-17(18)24/h5-8,10,13-14,20H,3-4,9H2,1-2H3,(H,19,24)/t10-,13+,14-,18+/m0/s1. The Bertz CT molecular complexity index is 747. The third-order valence-electron chi connectivity index (χ3n) is 5.60. The van der Waals surface area contributed by atoms with Crippen molar-refractivity contribution in [2.24, 2.45) is 11.8 Å². The summed E-state index contributed by atoms with van der Waals surface area (Å²) in [5.74, 6) is -1.75. The van der Waals surface area contributed by atoms with Gasteiger partial charge in [0.05, 0.1) is 11.8 Å². The smallest absolute Gasteiger partial charge is 0.250 e. The molecule has 6 heteroatoms. The monoisotopic (exact) mass is 327 g/mol. The number of nitrogens with one attached hydrogen (secondary N) is 2. The summed E-state index contributed by atoms with van der Waals surface area (Å²) in [6.07, 6.45) is 1.70. The molecule has 0 aliphatic carbocycles. The van der Waals surface area contributed by atoms with Crippen molar-refractivity contribution in [2.45, 2.75) is 38.3 Å². The summed E-state index contributed by atoms with van der Waals surface area (Å²) in [5, 5.41) is 6.17. The summed E-state index contributed by atoms with van der Waals surface area (Å²) in [5.41, 5.74) is 0.358. The first kappa shape index (κ1) is 15.3. The maximum absolute atomic E-state index is 13.1. The predicted molar refractivity (Wildman–Crippen MR) is 88.0 cm³/mol. The van der Waals surface area contributed by atoms with Gasteiger partial charge in [0.25, 0.3) is 0 Å². The first-order chi connectivity index (χ1) is 11.5. The SMILES string of the molecule is CCCCN1C(=O)[C@@H]2[C@H](C)N[C@@]3(C(=O)Nc4ccccc43)[C@@H]2C1=O. The highest BCUT2D eigenvalue weighted by Crippen LogP contribution is 2.52. The van der Waals surface area contributed by atoms with Gasteiger partial charge in [-0.2, -0.15) is 0 Å². The minimum atomic E-state index is -1.13. The molecule has 2 fully saturated rings. The molecule has 0 unspecified atom stereocenters. The fourth-order valence-corrected chi connectivity index (χ4v) is 4.52. The molecule has 3 heterocycles. The molecule has 2 saturated heterocycles. The van der Waals surface area contributed by atoms with Crippen molar-refractivity contribution in [3.8, 4) is 0 Å². The molecule has 3 aliphatic heterocycles. The number of likely N-dealkylation sites (tertiary alicyclic amines) is 1. The number of para-hydroxylation sites is 1. The molecule has 1 aromatic carbocycles. The van der Waals surface area contributed by atoms with Crippen LogP contribution in [0.2, 0.25) is 0 Å². The number of anilines is 1. The fraction of sp³-hybridized carbons (Fsp3) is 0.500. The van der Waals surface area contributed by atoms with Crippen LogP contribution in [0.1, 0.15) is 32.3 Å². The normalized spacial score (nSPS) is 34.0. The molecule has 4 rings (SSSR count). The van der Waals surface area contributed by atoms with Gasteiger partial charge in [0, 0.05) is 23.8 Å². The molecule has 2 N–H and O–H groups in total. The van der Waals surface area contributed by atoms with Gasteiger partial charge < -0.3 is 5.32 Å². The molecule has 126 valence electrons. The molecule has 3 aliphatic rings. The molecular weight excluding hydrogens is 306 g/mol. The van der Waals surface area contributed by atoms with Gasteiger partial charge >= 0.3 is 0 Å². The topological polar surface area (TPSA) is 78.5 Å². The summed E-state index contributed by atoms with van der Waals surface area (Å²) < 4.78 is 0. The number of hydrogen-bond donors (Lipinski definition) is 2. The maximum atomic E-state index is 13.1. The Kier molecular flexibility index (Phi) is 3.28. The van der Waals surface area contributed by atoms with E-state index in [1.54, 1.807) is 0 Å². The van der Waals surface area contributed by atoms with E-state index in [1.165, 1.54) is 4.90 Å². The van der Waals surface area contributed by atoms with Crippen molar-refractivity contribution in [1.29, 1.82) is 0 Å². The van der Waals surface area contributed by atoms with Crippen LogP contribution >= 0.6 is 0 Å². The van der Waals surface area contributed by atoms with Gasteiger partial charge in [-0.05, 0) is 19.4 Å². The van der Waals surface area contributed by atoms with Gasteiger partial charge in [0.2, 0.25) is 17.7 Å². The molecule has 1 aromatic rings. The molecular formula is C18H21N3O3. The van der Waals surface area contributed by atoms with Crippen molar-refractivity contribution < 1.29 is 14.4 Å². The number of carbonyl (C=O) groups excluding carboxylic acids is 3. The minimum Gasteiger partial charge on any atom is -0.324 e. The van der Waals surface area contributed by atoms with E-state index >= 15 is 0 Å². The summed E-state index contributed by atoms with van der Waals surface area (Å²) in [7, 11) is 0. The van der Waals surface area contributed by atoms with E-state index in [-0.39, 0.29) is 23.8 Å². The average molecular weight is 327 g/mol. The van der Waals surface area contributed by atoms with Gasteiger partial charge in [-0.15, -0.1) is 0 Å². The highest BCUT2D eigenvalue weighted by molar-refractivity contribution is 6.15. The maximum Gasteiger partial charge on any atom is 0.250 e. The van der Waals surface area contributed by atoms with Gasteiger partial charge in [0.15, 0.2) is 0 Å². The lowest BCUT2D eigenvalue weighted by atomic mass is 9.76. The van der Waals surface area contributed by atoms with Crippen LogP contribution in [0.15, 0.2) is 24.3 Å². The lowest BCUT2D eigenvalue weighted by Gasteiger charge is -2.29. The third-order valence-corrected chi connectivity index (χ3v) is 5.60. The predicted octanol–water partition coefficient (Wildman–Crippen LogP) is 1.23. The van der Waals surface area contributed by atoms with E-state index in [4.69, 9.17) is 0 Å². The second kappa shape index (κ2) is 5.14. The summed E-state index contributed by atoms with van der Waals surface area (Å²) >= 11 is 0. The third kappa shape index (κ3) is 1.72. The Labute approximate surface area is 140 Å². The van der Waals surface area contributed by atoms with Gasteiger partial charge in [-0.1, -0.05) is 31.5 Å². The van der Waals surface area contributed by atoms with Crippen LogP contribution in [-0.4, -0.2) is 35.2 Å². The second-order valence-electron chi connectivity index (χ2n) is 6.93. The first-order valence-corrected chi connectivity index (χ1v) is 8.56. The Morgan fingerprint density at radius 2 is 1.92 bits per heavy atom. The summed E-state index contributed by atoms with van der Waals surface area (Å²) in [6.45, 7) is 4.35. The highest BCUT2D eigenvalue weighted by Gasteiger charge is 2.69. The van der Waals surface area contributed by atoms with Gasteiger partial charge in [-0.25, -0.2) is 0 Å². The van der Waals surface area contributed by atoms with Crippen LogP contribution < -0.4 is 10.6 Å². The van der Waals surface area contributed by atoms with Crippen LogP contribution in [0.5, 0.6) is 0 Å². The lowest BCUT2D eigenvalue weighted by molar-refractivity contribution is -0.142. The van der Waals surface area contributed by atoms with E-state index in [9.17, 15) is 14.4 Å². The molecule has 1 spiro atoms. The molecule has 0 radical (unpaired) electrons. The molecule has 6 nitrogen and oxygen atoms in total. The van der Waals surface area contributed by atoms with E-state index in [0.29, 0.717) is 6.54 Å². The van der Waals surface area contributed by atoms with E-state index in [2.05, 4.69) is 10.6 Å². The number of imide groups is 1. The van der Waals surface area contributed by atoms with Crippen LogP contribution in [0.25, 0.3) is 0 Å². The largest absolute Gasteiger partial charge is 0.324 e. The van der Waals surface area contributed by atoms with Gasteiger partial charge in [-0.3, -0.25) is 24.6 Å². The Hall–Kier alpha value is -2.21. The number of carbonyl (C=O) groups is 3. The van der Waals surface area contributed by atoms with E-state index < -0.39 is 17.4 Å². The molecule has 4 atom stereocenters. The number of amides is 3. The van der Waals surface area contributed by atoms with Crippen molar-refractivity contribution in [3.63, 3.8) is 0 Å². The molecule has 0 saturated carbocycles. The zero-order valence-corrected chi connectivity index (χ0v) is 13.8. The fourth-order valence-electron chi connectivity index (χ4n) is 4.52. The van der Waals surface area contributed by atoms with Crippen molar-refractivity contribution in [1.82, 2.24) is 10.2 Å². The van der Waals surface area contributed by atoms with Crippen LogP contribution in [0.3, 0.4) is 0 Å². The average Bonchev–Trinajstić information content (AvgIpc) is 3.12. The number of nitrogens with zero attached hydrogens (tertiary/aromatic N) is 1. The van der Waals surface area contributed by atoms with Crippen molar-refractivity contribution >= 4 is 23.4 Å². The highest BCUT2D eigenvalue weighted by atomic mass is 16.2. The number of fused-ring (bicyclic) bond motifs is 4. The number of hydrogen-bond acceptors (Lipinski definition) is 4. The van der Waals surface area contributed by atoms with Crippen molar-refractivity contribution in [2.75, 3.05) is 11.9 Å². The number of benzene rings is 1. The Balaban J connectivity index is 1.82. The zero-order valence-electron chi connectivity index (χ0n) is 13.8. The molecule has 0 aromatic heterocycles. The number of unbranched alkanes of at least 4 members (excludes halogenated alkanes) is 1. The van der Waals surface area contributed by atoms with Crippen LogP contribution in [-0.2, 0) is 19.9 Å². The molecule has 24 heavy (non-hydrogen) atoms.